The smallest absolute Gasteiger partial charge is 0.316 e. The van der Waals surface area contributed by atoms with Crippen molar-refractivity contribution in [3.63, 3.8) is 0 Å². The highest BCUT2D eigenvalue weighted by Gasteiger charge is 2.82. The molecule has 1 heterocycles. The number of hydrogen-bond donors (Lipinski definition) is 2. The highest BCUT2D eigenvalue weighted by Crippen LogP contribution is 2.76. The summed E-state index contributed by atoms with van der Waals surface area (Å²) in [5.41, 5.74) is -1.30. The zero-order chi connectivity index (χ0) is 17.1. The van der Waals surface area contributed by atoms with Crippen LogP contribution in [0.3, 0.4) is 0 Å². The first-order chi connectivity index (χ1) is 11.3. The number of hydrogen-bond acceptors (Lipinski definition) is 4. The van der Waals surface area contributed by atoms with Crippen LogP contribution in [0, 0.1) is 34.5 Å². The van der Waals surface area contributed by atoms with E-state index in [1.165, 1.54) is 0 Å². The minimum atomic E-state index is -1.18. The lowest BCUT2D eigenvalue weighted by atomic mass is 9.61. The molecule has 0 aromatic carbocycles. The Morgan fingerprint density at radius 3 is 2.88 bits per heavy atom. The zero-order valence-electron chi connectivity index (χ0n) is 13.7. The van der Waals surface area contributed by atoms with Gasteiger partial charge < -0.3 is 14.9 Å². The Balaban J connectivity index is 1.78. The minimum Gasteiger partial charge on any atom is -0.481 e. The van der Waals surface area contributed by atoms with E-state index in [9.17, 15) is 19.8 Å². The third-order valence-electron chi connectivity index (χ3n) is 8.02. The number of rotatable bonds is 1. The lowest BCUT2D eigenvalue weighted by Crippen LogP contribution is -2.50. The molecule has 1 saturated heterocycles. The molecule has 4 aliphatic carbocycles. The van der Waals surface area contributed by atoms with Gasteiger partial charge in [0.1, 0.15) is 11.0 Å². The second-order valence-corrected chi connectivity index (χ2v) is 8.72. The maximum Gasteiger partial charge on any atom is 0.316 e. The first-order valence-electron chi connectivity index (χ1n) is 8.79. The Morgan fingerprint density at radius 2 is 2.17 bits per heavy atom. The fourth-order valence-electron chi connectivity index (χ4n) is 7.14. The van der Waals surface area contributed by atoms with Gasteiger partial charge in [-0.15, -0.1) is 0 Å². The summed E-state index contributed by atoms with van der Waals surface area (Å²) in [6.07, 6.45) is 5.83. The van der Waals surface area contributed by atoms with Gasteiger partial charge in [-0.2, -0.15) is 0 Å². The van der Waals surface area contributed by atoms with E-state index in [1.807, 2.05) is 6.08 Å². The lowest BCUT2D eigenvalue weighted by molar-refractivity contribution is -0.161. The Labute approximate surface area is 140 Å². The monoisotopic (exact) mass is 330 g/mol. The molecule has 24 heavy (non-hydrogen) atoms. The largest absolute Gasteiger partial charge is 0.481 e. The summed E-state index contributed by atoms with van der Waals surface area (Å²) >= 11 is 0. The number of carbonyl (C=O) groups is 2. The molecule has 0 amide bonds. The minimum absolute atomic E-state index is 0.00104. The van der Waals surface area contributed by atoms with Gasteiger partial charge in [0.2, 0.25) is 0 Å². The molecule has 128 valence electrons. The number of aliphatic carboxylic acids is 1. The van der Waals surface area contributed by atoms with Crippen molar-refractivity contribution in [3.05, 3.63) is 24.3 Å². The van der Waals surface area contributed by atoms with Gasteiger partial charge in [-0.3, -0.25) is 9.59 Å². The van der Waals surface area contributed by atoms with E-state index in [2.05, 4.69) is 6.58 Å². The van der Waals surface area contributed by atoms with Crippen LogP contribution in [-0.4, -0.2) is 33.9 Å². The van der Waals surface area contributed by atoms with Gasteiger partial charge in [0.15, 0.2) is 0 Å². The van der Waals surface area contributed by atoms with Crippen LogP contribution in [0.1, 0.15) is 32.6 Å². The van der Waals surface area contributed by atoms with Crippen LogP contribution < -0.4 is 0 Å². The van der Waals surface area contributed by atoms with Crippen molar-refractivity contribution in [2.75, 3.05) is 0 Å². The quantitative estimate of drug-likeness (QED) is 0.567. The van der Waals surface area contributed by atoms with Gasteiger partial charge in [-0.25, -0.2) is 0 Å². The molecule has 4 fully saturated rings. The molecule has 3 saturated carbocycles. The molecule has 8 atom stereocenters. The molecule has 0 radical (unpaired) electrons. The summed E-state index contributed by atoms with van der Waals surface area (Å²) < 4.78 is 5.92. The van der Waals surface area contributed by atoms with E-state index in [0.29, 0.717) is 12.3 Å². The average molecular weight is 330 g/mol. The van der Waals surface area contributed by atoms with E-state index in [-0.39, 0.29) is 5.92 Å². The zero-order valence-corrected chi connectivity index (χ0v) is 13.7. The van der Waals surface area contributed by atoms with Crippen LogP contribution in [0.5, 0.6) is 0 Å². The second-order valence-electron chi connectivity index (χ2n) is 8.72. The molecule has 5 nitrogen and oxygen atoms in total. The van der Waals surface area contributed by atoms with Gasteiger partial charge in [0.05, 0.1) is 12.0 Å². The van der Waals surface area contributed by atoms with E-state index in [0.717, 1.165) is 24.8 Å². The van der Waals surface area contributed by atoms with E-state index >= 15 is 0 Å². The molecule has 5 rings (SSSR count). The SMILES string of the molecule is C=C1C[C@]23C[C@H]1CC[C@H]2[C@@]12C=C[C@H](O)[C@@](C)(C(=O)O1)C2C3C(=O)O. The van der Waals surface area contributed by atoms with Gasteiger partial charge >= 0.3 is 11.9 Å². The maximum absolute atomic E-state index is 12.7. The van der Waals surface area contributed by atoms with Gasteiger partial charge in [-0.1, -0.05) is 18.2 Å². The Kier molecular flexibility index (Phi) is 2.42. The number of esters is 1. The Hall–Kier alpha value is -1.62. The summed E-state index contributed by atoms with van der Waals surface area (Å²) in [4.78, 5) is 25.0. The van der Waals surface area contributed by atoms with Crippen molar-refractivity contribution in [1.82, 2.24) is 0 Å². The van der Waals surface area contributed by atoms with Gasteiger partial charge in [0, 0.05) is 11.8 Å². The first-order valence-corrected chi connectivity index (χ1v) is 8.79. The van der Waals surface area contributed by atoms with E-state index in [1.54, 1.807) is 13.0 Å². The molecule has 2 N–H and O–H groups in total. The number of carboxylic acid groups (broad SMARTS) is 1. The van der Waals surface area contributed by atoms with Crippen LogP contribution in [0.4, 0.5) is 0 Å². The van der Waals surface area contributed by atoms with Crippen molar-refractivity contribution < 1.29 is 24.5 Å². The number of carbonyl (C=O) groups excluding carboxylic acids is 1. The molecule has 1 aliphatic heterocycles. The molecule has 1 spiro atoms. The predicted molar refractivity (Wildman–Crippen MR) is 83.7 cm³/mol. The van der Waals surface area contributed by atoms with Crippen LogP contribution >= 0.6 is 0 Å². The van der Waals surface area contributed by atoms with Crippen LogP contribution in [-0.2, 0) is 14.3 Å². The molecule has 5 aliphatic rings. The summed E-state index contributed by atoms with van der Waals surface area (Å²) in [6, 6.07) is 0. The molecule has 0 aromatic rings. The first kappa shape index (κ1) is 14.7. The van der Waals surface area contributed by atoms with E-state index in [4.69, 9.17) is 4.74 Å². The van der Waals surface area contributed by atoms with E-state index < -0.39 is 46.3 Å². The molecule has 0 aromatic heterocycles. The normalized spacial score (nSPS) is 56.8. The maximum atomic E-state index is 12.7. The van der Waals surface area contributed by atoms with Crippen LogP contribution in [0.25, 0.3) is 0 Å². The number of allylic oxidation sites excluding steroid dienone is 1. The van der Waals surface area contributed by atoms with Gasteiger partial charge in [0.25, 0.3) is 0 Å². The molecule has 4 bridgehead atoms. The molecule has 2 unspecified atom stereocenters. The third kappa shape index (κ3) is 1.25. The fraction of sp³-hybridized carbons (Fsp3) is 0.684. The lowest BCUT2D eigenvalue weighted by Gasteiger charge is -2.42. The number of fused-ring (bicyclic) bond motifs is 1. The third-order valence-corrected chi connectivity index (χ3v) is 8.02. The standard InChI is InChI=1S/C19H22O5/c1-9-7-18-8-10(9)3-4-11(18)19-6-5-12(20)17(2,16(23)24-19)14(19)13(18)15(21)22/h5-6,10-14,20H,1,3-4,7-8H2,2H3,(H,21,22)/t10-,11-,12+,13?,14?,17-,18+,19-/m1/s1. The average Bonchev–Trinajstić information content (AvgIpc) is 2.98. The summed E-state index contributed by atoms with van der Waals surface area (Å²) in [5, 5.41) is 20.7. The van der Waals surface area contributed by atoms with Crippen LogP contribution in [0.15, 0.2) is 24.3 Å². The summed E-state index contributed by atoms with van der Waals surface area (Å²) in [5.74, 6) is -2.12. The van der Waals surface area contributed by atoms with Crippen molar-refractivity contribution >= 4 is 11.9 Å². The summed E-state index contributed by atoms with van der Waals surface area (Å²) in [7, 11) is 0. The van der Waals surface area contributed by atoms with Gasteiger partial charge in [-0.05, 0) is 50.0 Å². The Bertz CT molecular complexity index is 725. The van der Waals surface area contributed by atoms with Crippen molar-refractivity contribution in [3.8, 4) is 0 Å². The molecular formula is C19H22O5. The highest BCUT2D eigenvalue weighted by atomic mass is 16.6. The highest BCUT2D eigenvalue weighted by molar-refractivity contribution is 5.86. The van der Waals surface area contributed by atoms with Crippen molar-refractivity contribution in [2.45, 2.75) is 44.3 Å². The summed E-state index contributed by atoms with van der Waals surface area (Å²) in [6.45, 7) is 5.88. The number of ether oxygens (including phenoxy) is 1. The van der Waals surface area contributed by atoms with Crippen LogP contribution in [0.2, 0.25) is 0 Å². The predicted octanol–water partition coefficient (Wildman–Crippen LogP) is 1.91. The molecule has 5 heteroatoms. The Morgan fingerprint density at radius 1 is 1.42 bits per heavy atom. The number of aliphatic hydroxyl groups is 1. The molecular weight excluding hydrogens is 308 g/mol. The topological polar surface area (TPSA) is 83.8 Å². The number of carboxylic acids is 1. The second kappa shape index (κ2) is 3.96. The van der Waals surface area contributed by atoms with Crippen molar-refractivity contribution in [2.24, 2.45) is 34.5 Å². The fourth-order valence-corrected chi connectivity index (χ4v) is 7.14. The number of aliphatic hydroxyl groups excluding tert-OH is 1. The van der Waals surface area contributed by atoms with Crippen molar-refractivity contribution in [1.29, 1.82) is 0 Å².